The molecule has 0 bridgehead atoms. The molecule has 1 N–H and O–H groups in total. The molecule has 2 atom stereocenters. The van der Waals surface area contributed by atoms with Crippen molar-refractivity contribution < 1.29 is 17.9 Å². The summed E-state index contributed by atoms with van der Waals surface area (Å²) in [5, 5.41) is 2.96. The van der Waals surface area contributed by atoms with Gasteiger partial charge in [-0.2, -0.15) is 0 Å². The fourth-order valence-electron chi connectivity index (χ4n) is 2.74. The van der Waals surface area contributed by atoms with Gasteiger partial charge in [0, 0.05) is 12.2 Å². The van der Waals surface area contributed by atoms with E-state index in [4.69, 9.17) is 4.74 Å². The average Bonchev–Trinajstić information content (AvgIpc) is 2.40. The number of ether oxygens (including phenoxy) is 1. The van der Waals surface area contributed by atoms with Gasteiger partial charge in [0.1, 0.15) is 0 Å². The molecule has 1 saturated heterocycles. The zero-order valence-electron chi connectivity index (χ0n) is 11.1. The van der Waals surface area contributed by atoms with Crippen LogP contribution in [0.5, 0.6) is 0 Å². The van der Waals surface area contributed by atoms with E-state index in [9.17, 15) is 13.2 Å². The van der Waals surface area contributed by atoms with Crippen LogP contribution in [0.1, 0.15) is 37.8 Å². The van der Waals surface area contributed by atoms with Gasteiger partial charge in [-0.25, -0.2) is 13.2 Å². The van der Waals surface area contributed by atoms with Gasteiger partial charge in [0.2, 0.25) is 0 Å². The fourth-order valence-corrected chi connectivity index (χ4v) is 2.74. The number of benzene rings is 1. The van der Waals surface area contributed by atoms with E-state index in [0.29, 0.717) is 6.61 Å². The molecule has 19 heavy (non-hydrogen) atoms. The van der Waals surface area contributed by atoms with Crippen LogP contribution in [0.25, 0.3) is 0 Å². The molecule has 1 fully saturated rings. The third-order valence-electron chi connectivity index (χ3n) is 3.77. The lowest BCUT2D eigenvalue weighted by atomic mass is 9.84. The molecule has 5 heteroatoms. The van der Waals surface area contributed by atoms with Crippen molar-refractivity contribution >= 4 is 0 Å². The minimum Gasteiger partial charge on any atom is -0.373 e. The van der Waals surface area contributed by atoms with Crippen LogP contribution >= 0.6 is 0 Å². The number of nitrogens with one attached hydrogen (secondary N) is 1. The highest BCUT2D eigenvalue weighted by molar-refractivity contribution is 5.26. The molecule has 0 aromatic heterocycles. The Balaban J connectivity index is 2.39. The molecule has 2 rings (SSSR count). The van der Waals surface area contributed by atoms with Crippen LogP contribution in [0.15, 0.2) is 12.1 Å². The van der Waals surface area contributed by atoms with E-state index in [1.165, 1.54) is 6.07 Å². The summed E-state index contributed by atoms with van der Waals surface area (Å²) in [5.74, 6) is -3.75. The van der Waals surface area contributed by atoms with Crippen molar-refractivity contribution in [2.24, 2.45) is 0 Å². The molecule has 0 radical (unpaired) electrons. The summed E-state index contributed by atoms with van der Waals surface area (Å²) in [6, 6.07) is 1.71. The Hall–Kier alpha value is -1.07. The quantitative estimate of drug-likeness (QED) is 0.853. The molecule has 2 nitrogen and oxygen atoms in total. The molecule has 1 aromatic carbocycles. The topological polar surface area (TPSA) is 21.3 Å². The minimum atomic E-state index is -1.43. The Morgan fingerprint density at radius 2 is 1.95 bits per heavy atom. The van der Waals surface area contributed by atoms with Crippen molar-refractivity contribution in [3.05, 3.63) is 35.1 Å². The maximum atomic E-state index is 13.9. The van der Waals surface area contributed by atoms with Gasteiger partial charge in [0.05, 0.1) is 11.6 Å². The predicted octanol–water partition coefficient (Wildman–Crippen LogP) is 3.32. The predicted molar refractivity (Wildman–Crippen MR) is 66.3 cm³/mol. The second-order valence-corrected chi connectivity index (χ2v) is 5.10. The summed E-state index contributed by atoms with van der Waals surface area (Å²) in [6.07, 6.45) is 2.68. The van der Waals surface area contributed by atoms with Crippen LogP contribution < -0.4 is 5.32 Å². The number of hydrogen-bond acceptors (Lipinski definition) is 2. The SMILES string of the molecule is CNC(c1ccc(F)c(F)c1F)C1(C)CCCCO1. The number of rotatable bonds is 3. The molecule has 0 saturated carbocycles. The zero-order valence-corrected chi connectivity index (χ0v) is 11.1. The normalized spacial score (nSPS) is 25.3. The van der Waals surface area contributed by atoms with Gasteiger partial charge in [0.15, 0.2) is 17.5 Å². The van der Waals surface area contributed by atoms with E-state index in [1.54, 1.807) is 7.05 Å². The van der Waals surface area contributed by atoms with Crippen LogP contribution in [-0.4, -0.2) is 19.3 Å². The summed E-state index contributed by atoms with van der Waals surface area (Å²) < 4.78 is 46.0. The molecule has 1 aliphatic rings. The van der Waals surface area contributed by atoms with Crippen LogP contribution in [0, 0.1) is 17.5 Å². The lowest BCUT2D eigenvalue weighted by Crippen LogP contribution is -2.45. The highest BCUT2D eigenvalue weighted by Gasteiger charge is 2.39. The Morgan fingerprint density at radius 1 is 1.21 bits per heavy atom. The molecule has 0 amide bonds. The maximum absolute atomic E-state index is 13.9. The first kappa shape index (κ1) is 14.3. The second-order valence-electron chi connectivity index (χ2n) is 5.10. The van der Waals surface area contributed by atoms with Gasteiger partial charge in [-0.1, -0.05) is 6.07 Å². The van der Waals surface area contributed by atoms with E-state index >= 15 is 0 Å². The van der Waals surface area contributed by atoms with Gasteiger partial charge in [-0.3, -0.25) is 0 Å². The first-order valence-electron chi connectivity index (χ1n) is 6.44. The molecular weight excluding hydrogens is 255 g/mol. The van der Waals surface area contributed by atoms with Crippen molar-refractivity contribution in [1.82, 2.24) is 5.32 Å². The first-order valence-corrected chi connectivity index (χ1v) is 6.44. The Bertz CT molecular complexity index is 458. The van der Waals surface area contributed by atoms with Gasteiger partial charge in [-0.05, 0) is 39.3 Å². The van der Waals surface area contributed by atoms with Crippen molar-refractivity contribution in [3.8, 4) is 0 Å². The van der Waals surface area contributed by atoms with Crippen molar-refractivity contribution in [1.29, 1.82) is 0 Å². The van der Waals surface area contributed by atoms with Gasteiger partial charge in [-0.15, -0.1) is 0 Å². The summed E-state index contributed by atoms with van der Waals surface area (Å²) in [5.41, 5.74) is -0.510. The number of likely N-dealkylation sites (N-methyl/N-ethyl adjacent to an activating group) is 1. The summed E-state index contributed by atoms with van der Waals surface area (Å²) in [4.78, 5) is 0. The molecule has 2 unspecified atom stereocenters. The van der Waals surface area contributed by atoms with E-state index in [2.05, 4.69) is 5.32 Å². The third-order valence-corrected chi connectivity index (χ3v) is 3.77. The van der Waals surface area contributed by atoms with Gasteiger partial charge < -0.3 is 10.1 Å². The summed E-state index contributed by atoms with van der Waals surface area (Å²) in [6.45, 7) is 2.47. The smallest absolute Gasteiger partial charge is 0.194 e. The molecule has 1 aliphatic heterocycles. The van der Waals surface area contributed by atoms with Crippen LogP contribution in [-0.2, 0) is 4.74 Å². The van der Waals surface area contributed by atoms with Crippen LogP contribution in [0.3, 0.4) is 0 Å². The highest BCUT2D eigenvalue weighted by atomic mass is 19.2. The fraction of sp³-hybridized carbons (Fsp3) is 0.571. The molecule has 0 aliphatic carbocycles. The lowest BCUT2D eigenvalue weighted by molar-refractivity contribution is -0.0891. The van der Waals surface area contributed by atoms with Crippen molar-refractivity contribution in [2.75, 3.05) is 13.7 Å². The standard InChI is InChI=1S/C14H18F3NO/c1-14(7-3-4-8-19-14)13(18-2)9-5-6-10(15)12(17)11(9)16/h5-6,13,18H,3-4,7-8H2,1-2H3. The van der Waals surface area contributed by atoms with Crippen molar-refractivity contribution in [2.45, 2.75) is 37.8 Å². The highest BCUT2D eigenvalue weighted by Crippen LogP contribution is 2.37. The number of hydrogen-bond donors (Lipinski definition) is 1. The zero-order chi connectivity index (χ0) is 14.0. The number of halogens is 3. The summed E-state index contributed by atoms with van der Waals surface area (Å²) in [7, 11) is 1.66. The van der Waals surface area contributed by atoms with Gasteiger partial charge >= 0.3 is 0 Å². The monoisotopic (exact) mass is 273 g/mol. The van der Waals surface area contributed by atoms with E-state index in [-0.39, 0.29) is 5.56 Å². The molecule has 1 aromatic rings. The average molecular weight is 273 g/mol. The Labute approximate surface area is 111 Å². The molecule has 106 valence electrons. The molecule has 1 heterocycles. The molecule has 0 spiro atoms. The molecular formula is C14H18F3NO. The maximum Gasteiger partial charge on any atom is 0.194 e. The van der Waals surface area contributed by atoms with Gasteiger partial charge in [0.25, 0.3) is 0 Å². The van der Waals surface area contributed by atoms with Crippen LogP contribution in [0.4, 0.5) is 13.2 Å². The van der Waals surface area contributed by atoms with Crippen LogP contribution in [0.2, 0.25) is 0 Å². The lowest BCUT2D eigenvalue weighted by Gasteiger charge is -2.40. The Kier molecular flexibility index (Phi) is 4.16. The summed E-state index contributed by atoms with van der Waals surface area (Å²) >= 11 is 0. The van der Waals surface area contributed by atoms with E-state index < -0.39 is 29.1 Å². The third kappa shape index (κ3) is 2.62. The Morgan fingerprint density at radius 3 is 2.53 bits per heavy atom. The van der Waals surface area contributed by atoms with E-state index in [1.807, 2.05) is 6.92 Å². The van der Waals surface area contributed by atoms with E-state index in [0.717, 1.165) is 25.3 Å². The van der Waals surface area contributed by atoms with Crippen molar-refractivity contribution in [3.63, 3.8) is 0 Å². The first-order chi connectivity index (χ1) is 8.99. The minimum absolute atomic E-state index is 0.103. The largest absolute Gasteiger partial charge is 0.373 e. The second kappa shape index (κ2) is 5.51.